The van der Waals surface area contributed by atoms with Gasteiger partial charge in [-0.2, -0.15) is 0 Å². The van der Waals surface area contributed by atoms with Crippen molar-refractivity contribution >= 4 is 5.69 Å². The predicted octanol–water partition coefficient (Wildman–Crippen LogP) is 2.52. The molecular formula is C8H7F2N. The average Bonchev–Trinajstić information content (AvgIpc) is 1.85. The van der Waals surface area contributed by atoms with Gasteiger partial charge < -0.3 is 5.32 Å². The van der Waals surface area contributed by atoms with Crippen molar-refractivity contribution in [3.63, 3.8) is 0 Å². The van der Waals surface area contributed by atoms with Crippen molar-refractivity contribution in [3.05, 3.63) is 42.6 Å². The lowest BCUT2D eigenvalue weighted by Gasteiger charge is -1.99. The minimum absolute atomic E-state index is 0.359. The van der Waals surface area contributed by atoms with E-state index in [0.29, 0.717) is 5.69 Å². The number of benzene rings is 1. The maximum atomic E-state index is 12.4. The predicted molar refractivity (Wildman–Crippen MR) is 40.2 cm³/mol. The van der Waals surface area contributed by atoms with E-state index in [2.05, 4.69) is 11.9 Å². The molecule has 0 atom stereocenters. The van der Waals surface area contributed by atoms with Crippen molar-refractivity contribution in [2.75, 3.05) is 5.32 Å². The molecule has 3 heteroatoms. The fraction of sp³-hybridized carbons (Fsp3) is 0. The summed E-state index contributed by atoms with van der Waals surface area (Å²) in [6.45, 7) is 3.36. The summed E-state index contributed by atoms with van der Waals surface area (Å²) in [6, 6.07) is 3.18. The molecule has 1 aromatic rings. The highest BCUT2D eigenvalue weighted by Gasteiger charge is 1.97. The van der Waals surface area contributed by atoms with Crippen molar-refractivity contribution < 1.29 is 8.78 Å². The van der Waals surface area contributed by atoms with Gasteiger partial charge in [-0.3, -0.25) is 0 Å². The van der Waals surface area contributed by atoms with Gasteiger partial charge in [0.25, 0.3) is 0 Å². The van der Waals surface area contributed by atoms with Crippen LogP contribution in [0.15, 0.2) is 31.0 Å². The van der Waals surface area contributed by atoms with Gasteiger partial charge in [-0.1, -0.05) is 6.58 Å². The first-order valence-electron chi connectivity index (χ1n) is 3.06. The zero-order valence-electron chi connectivity index (χ0n) is 5.77. The van der Waals surface area contributed by atoms with E-state index in [-0.39, 0.29) is 0 Å². The Bertz CT molecular complexity index is 251. The molecule has 0 bridgehead atoms. The van der Waals surface area contributed by atoms with Crippen LogP contribution >= 0.6 is 0 Å². The second kappa shape index (κ2) is 3.14. The van der Waals surface area contributed by atoms with E-state index in [9.17, 15) is 8.78 Å². The molecule has 1 rings (SSSR count). The largest absolute Gasteiger partial charge is 0.362 e. The normalized spacial score (nSPS) is 9.27. The van der Waals surface area contributed by atoms with Gasteiger partial charge in [-0.15, -0.1) is 0 Å². The Morgan fingerprint density at radius 3 is 2.18 bits per heavy atom. The zero-order chi connectivity index (χ0) is 8.27. The van der Waals surface area contributed by atoms with Gasteiger partial charge >= 0.3 is 0 Å². The van der Waals surface area contributed by atoms with Gasteiger partial charge in [-0.05, 0) is 18.3 Å². The first-order chi connectivity index (χ1) is 5.22. The molecule has 0 saturated heterocycles. The molecule has 0 unspecified atom stereocenters. The van der Waals surface area contributed by atoms with Crippen LogP contribution in [0, 0.1) is 11.6 Å². The second-order valence-electron chi connectivity index (χ2n) is 2.01. The molecule has 0 aliphatic heterocycles. The van der Waals surface area contributed by atoms with Crippen molar-refractivity contribution in [3.8, 4) is 0 Å². The molecule has 0 aliphatic rings. The van der Waals surface area contributed by atoms with Gasteiger partial charge in [0, 0.05) is 11.8 Å². The highest BCUT2D eigenvalue weighted by molar-refractivity contribution is 5.45. The Balaban J connectivity index is 2.98. The lowest BCUT2D eigenvalue weighted by Crippen LogP contribution is -1.88. The molecule has 0 saturated carbocycles. The highest BCUT2D eigenvalue weighted by atomic mass is 19.1. The van der Waals surface area contributed by atoms with Crippen LogP contribution in [-0.4, -0.2) is 0 Å². The third kappa shape index (κ3) is 2.04. The van der Waals surface area contributed by atoms with Crippen LogP contribution in [0.5, 0.6) is 0 Å². The maximum absolute atomic E-state index is 12.4. The highest BCUT2D eigenvalue weighted by Crippen LogP contribution is 2.12. The van der Waals surface area contributed by atoms with Crippen molar-refractivity contribution in [2.45, 2.75) is 0 Å². The van der Waals surface area contributed by atoms with Crippen LogP contribution in [0.2, 0.25) is 0 Å². The molecule has 0 fully saturated rings. The SMILES string of the molecule is C=CNc1cc(F)cc(F)c1. The molecule has 0 aliphatic carbocycles. The van der Waals surface area contributed by atoms with E-state index in [1.807, 2.05) is 0 Å². The maximum Gasteiger partial charge on any atom is 0.128 e. The molecule has 0 radical (unpaired) electrons. The lowest BCUT2D eigenvalue weighted by atomic mass is 10.3. The number of hydrogen-bond donors (Lipinski definition) is 1. The standard InChI is InChI=1S/C8H7F2N/c1-2-11-8-4-6(9)3-7(10)5-8/h2-5,11H,1H2. The molecule has 1 aromatic carbocycles. The van der Waals surface area contributed by atoms with E-state index in [0.717, 1.165) is 6.07 Å². The van der Waals surface area contributed by atoms with E-state index < -0.39 is 11.6 Å². The van der Waals surface area contributed by atoms with Crippen molar-refractivity contribution in [1.29, 1.82) is 0 Å². The number of nitrogens with one attached hydrogen (secondary N) is 1. The van der Waals surface area contributed by atoms with E-state index in [1.54, 1.807) is 0 Å². The molecule has 58 valence electrons. The van der Waals surface area contributed by atoms with E-state index in [1.165, 1.54) is 18.3 Å². The Hall–Kier alpha value is -1.38. The molecule has 1 nitrogen and oxygen atoms in total. The van der Waals surface area contributed by atoms with Crippen LogP contribution in [-0.2, 0) is 0 Å². The smallest absolute Gasteiger partial charge is 0.128 e. The van der Waals surface area contributed by atoms with Gasteiger partial charge in [-0.25, -0.2) is 8.78 Å². The first-order valence-corrected chi connectivity index (χ1v) is 3.06. The number of anilines is 1. The Morgan fingerprint density at radius 1 is 1.18 bits per heavy atom. The van der Waals surface area contributed by atoms with Gasteiger partial charge in [0.2, 0.25) is 0 Å². The van der Waals surface area contributed by atoms with E-state index in [4.69, 9.17) is 0 Å². The zero-order valence-corrected chi connectivity index (χ0v) is 5.77. The Morgan fingerprint density at radius 2 is 1.73 bits per heavy atom. The fourth-order valence-electron chi connectivity index (χ4n) is 0.755. The molecule has 0 amide bonds. The molecule has 0 heterocycles. The summed E-state index contributed by atoms with van der Waals surface area (Å²) in [5.41, 5.74) is 0.359. The van der Waals surface area contributed by atoms with Crippen LogP contribution < -0.4 is 5.32 Å². The van der Waals surface area contributed by atoms with Crippen LogP contribution in [0.3, 0.4) is 0 Å². The van der Waals surface area contributed by atoms with Gasteiger partial charge in [0.1, 0.15) is 11.6 Å². The van der Waals surface area contributed by atoms with E-state index >= 15 is 0 Å². The average molecular weight is 155 g/mol. The molecular weight excluding hydrogens is 148 g/mol. The van der Waals surface area contributed by atoms with Crippen molar-refractivity contribution in [1.82, 2.24) is 0 Å². The second-order valence-corrected chi connectivity index (χ2v) is 2.01. The number of rotatable bonds is 2. The topological polar surface area (TPSA) is 12.0 Å². The summed E-state index contributed by atoms with van der Waals surface area (Å²) in [5.74, 6) is -1.20. The third-order valence-electron chi connectivity index (χ3n) is 1.13. The van der Waals surface area contributed by atoms with Gasteiger partial charge in [0.15, 0.2) is 0 Å². The summed E-state index contributed by atoms with van der Waals surface area (Å²) in [4.78, 5) is 0. The molecule has 1 N–H and O–H groups in total. The molecule has 11 heavy (non-hydrogen) atoms. The quantitative estimate of drug-likeness (QED) is 0.691. The summed E-state index contributed by atoms with van der Waals surface area (Å²) >= 11 is 0. The summed E-state index contributed by atoms with van der Waals surface area (Å²) in [5, 5.41) is 2.57. The monoisotopic (exact) mass is 155 g/mol. The van der Waals surface area contributed by atoms with Crippen LogP contribution in [0.1, 0.15) is 0 Å². The molecule has 0 spiro atoms. The minimum atomic E-state index is -0.602. The minimum Gasteiger partial charge on any atom is -0.362 e. The summed E-state index contributed by atoms with van der Waals surface area (Å²) < 4.78 is 24.9. The number of halogens is 2. The third-order valence-corrected chi connectivity index (χ3v) is 1.13. The van der Waals surface area contributed by atoms with Gasteiger partial charge in [0.05, 0.1) is 0 Å². The lowest BCUT2D eigenvalue weighted by molar-refractivity contribution is 0.584. The Labute approximate surface area is 63.4 Å². The van der Waals surface area contributed by atoms with Crippen molar-refractivity contribution in [2.24, 2.45) is 0 Å². The Kier molecular flexibility index (Phi) is 2.21. The fourth-order valence-corrected chi connectivity index (χ4v) is 0.755. The summed E-state index contributed by atoms with van der Waals surface area (Å²) in [6.07, 6.45) is 1.36. The first kappa shape index (κ1) is 7.72. The number of hydrogen-bond acceptors (Lipinski definition) is 1. The van der Waals surface area contributed by atoms with Crippen LogP contribution in [0.25, 0.3) is 0 Å². The summed E-state index contributed by atoms with van der Waals surface area (Å²) in [7, 11) is 0. The van der Waals surface area contributed by atoms with Crippen LogP contribution in [0.4, 0.5) is 14.5 Å². The molecule has 0 aromatic heterocycles.